The van der Waals surface area contributed by atoms with E-state index >= 15 is 0 Å². The van der Waals surface area contributed by atoms with E-state index in [0.29, 0.717) is 6.07 Å². The van der Waals surface area contributed by atoms with Gasteiger partial charge in [0, 0.05) is 18.9 Å². The zero-order valence-electron chi connectivity index (χ0n) is 10.3. The molecule has 0 spiro atoms. The summed E-state index contributed by atoms with van der Waals surface area (Å²) in [6.45, 7) is 0. The van der Waals surface area contributed by atoms with Crippen molar-refractivity contribution < 1.29 is 28.3 Å². The van der Waals surface area contributed by atoms with Crippen molar-refractivity contribution in [2.24, 2.45) is 5.73 Å². The quantitative estimate of drug-likeness (QED) is 0.731. The van der Waals surface area contributed by atoms with Gasteiger partial charge in [0.25, 0.3) is 5.91 Å². The molecule has 0 unspecified atom stereocenters. The van der Waals surface area contributed by atoms with Crippen LogP contribution >= 0.6 is 0 Å². The minimum Gasteiger partial charge on any atom is -0.481 e. The van der Waals surface area contributed by atoms with Crippen LogP contribution in [0.2, 0.25) is 0 Å². The van der Waals surface area contributed by atoms with Gasteiger partial charge >= 0.3 is 5.97 Å². The van der Waals surface area contributed by atoms with Crippen molar-refractivity contribution in [2.75, 3.05) is 5.32 Å². The molecule has 1 rings (SSSR count). The Balaban J connectivity index is 2.76. The van der Waals surface area contributed by atoms with E-state index in [0.717, 1.165) is 6.07 Å². The number of carboxylic acids is 1. The van der Waals surface area contributed by atoms with Gasteiger partial charge < -0.3 is 16.2 Å². The minimum atomic E-state index is -1.13. The molecule has 1 aromatic carbocycles. The number of primary amides is 1. The predicted octanol–water partition coefficient (Wildman–Crippen LogP) is 1.26. The second-order valence-corrected chi connectivity index (χ2v) is 3.97. The second-order valence-electron chi connectivity index (χ2n) is 3.97. The van der Waals surface area contributed by atoms with Crippen molar-refractivity contribution in [3.8, 4) is 0 Å². The van der Waals surface area contributed by atoms with Crippen LogP contribution in [0.4, 0.5) is 14.5 Å². The van der Waals surface area contributed by atoms with E-state index < -0.39 is 35.0 Å². The molecular formula is C12H12F2N2O4. The smallest absolute Gasteiger partial charge is 0.303 e. The average molecular weight is 286 g/mol. The maximum atomic E-state index is 13.4. The number of hydrogen-bond donors (Lipinski definition) is 3. The van der Waals surface area contributed by atoms with Crippen LogP contribution in [0.25, 0.3) is 0 Å². The molecule has 0 aliphatic rings. The van der Waals surface area contributed by atoms with Crippen LogP contribution in [0.15, 0.2) is 12.1 Å². The van der Waals surface area contributed by atoms with Crippen molar-refractivity contribution in [1.82, 2.24) is 0 Å². The Labute approximate surface area is 112 Å². The van der Waals surface area contributed by atoms with E-state index in [1.807, 2.05) is 0 Å². The van der Waals surface area contributed by atoms with Gasteiger partial charge in [-0.1, -0.05) is 0 Å². The van der Waals surface area contributed by atoms with Crippen molar-refractivity contribution >= 4 is 23.5 Å². The van der Waals surface area contributed by atoms with Crippen LogP contribution in [0.5, 0.6) is 0 Å². The van der Waals surface area contributed by atoms with Gasteiger partial charge in [-0.3, -0.25) is 14.4 Å². The standard InChI is InChI=1S/C12H12F2N2O4/c13-7-5-8(14)9(4-6(7)12(15)20)16-10(17)2-1-3-11(18)19/h4-5H,1-3H2,(H2,15,20)(H,16,17)(H,18,19). The number of carboxylic acid groups (broad SMARTS) is 1. The van der Waals surface area contributed by atoms with Gasteiger partial charge in [0.1, 0.15) is 11.6 Å². The third-order valence-electron chi connectivity index (χ3n) is 2.39. The Kier molecular flexibility index (Phi) is 5.13. The Morgan fingerprint density at radius 3 is 2.35 bits per heavy atom. The van der Waals surface area contributed by atoms with Crippen molar-refractivity contribution in [2.45, 2.75) is 19.3 Å². The predicted molar refractivity (Wildman–Crippen MR) is 65.0 cm³/mol. The summed E-state index contributed by atoms with van der Waals surface area (Å²) in [6.07, 6.45) is -0.270. The molecule has 0 saturated heterocycles. The van der Waals surface area contributed by atoms with Crippen molar-refractivity contribution in [3.63, 3.8) is 0 Å². The van der Waals surface area contributed by atoms with Gasteiger partial charge in [-0.25, -0.2) is 8.78 Å². The lowest BCUT2D eigenvalue weighted by Gasteiger charge is -2.08. The van der Waals surface area contributed by atoms with Gasteiger partial charge in [-0.2, -0.15) is 0 Å². The number of nitrogens with two attached hydrogens (primary N) is 1. The lowest BCUT2D eigenvalue weighted by molar-refractivity contribution is -0.137. The summed E-state index contributed by atoms with van der Waals surface area (Å²) >= 11 is 0. The fraction of sp³-hybridized carbons (Fsp3) is 0.250. The third-order valence-corrected chi connectivity index (χ3v) is 2.39. The van der Waals surface area contributed by atoms with Crippen molar-refractivity contribution in [1.29, 1.82) is 0 Å². The molecule has 6 nitrogen and oxygen atoms in total. The second kappa shape index (κ2) is 6.60. The molecule has 20 heavy (non-hydrogen) atoms. The molecule has 0 saturated carbocycles. The van der Waals surface area contributed by atoms with Crippen LogP contribution in [0.3, 0.4) is 0 Å². The first-order valence-corrected chi connectivity index (χ1v) is 5.61. The molecule has 0 atom stereocenters. The summed E-state index contributed by atoms with van der Waals surface area (Å²) in [5.74, 6) is -4.98. The summed E-state index contributed by atoms with van der Waals surface area (Å²) in [5, 5.41) is 10.5. The van der Waals surface area contributed by atoms with Crippen LogP contribution in [-0.2, 0) is 9.59 Å². The highest BCUT2D eigenvalue weighted by Crippen LogP contribution is 2.19. The van der Waals surface area contributed by atoms with Gasteiger partial charge in [-0.05, 0) is 12.5 Å². The maximum Gasteiger partial charge on any atom is 0.303 e. The van der Waals surface area contributed by atoms with E-state index in [9.17, 15) is 23.2 Å². The molecule has 0 fully saturated rings. The highest BCUT2D eigenvalue weighted by atomic mass is 19.1. The largest absolute Gasteiger partial charge is 0.481 e. The van der Waals surface area contributed by atoms with Gasteiger partial charge in [0.05, 0.1) is 11.3 Å². The Morgan fingerprint density at radius 2 is 1.80 bits per heavy atom. The first kappa shape index (κ1) is 15.5. The molecule has 0 radical (unpaired) electrons. The zero-order chi connectivity index (χ0) is 15.3. The molecule has 8 heteroatoms. The summed E-state index contributed by atoms with van der Waals surface area (Å²) in [6, 6.07) is 1.23. The number of benzene rings is 1. The van der Waals surface area contributed by atoms with Gasteiger partial charge in [0.2, 0.25) is 5.91 Å². The maximum absolute atomic E-state index is 13.4. The molecule has 0 heterocycles. The zero-order valence-corrected chi connectivity index (χ0v) is 10.3. The Bertz CT molecular complexity index is 561. The normalized spacial score (nSPS) is 10.1. The molecule has 0 bridgehead atoms. The molecule has 4 N–H and O–H groups in total. The average Bonchev–Trinajstić information content (AvgIpc) is 2.31. The number of aliphatic carboxylic acids is 1. The van der Waals surface area contributed by atoms with Crippen LogP contribution in [0.1, 0.15) is 29.6 Å². The van der Waals surface area contributed by atoms with E-state index in [4.69, 9.17) is 10.8 Å². The first-order chi connectivity index (χ1) is 9.31. The monoisotopic (exact) mass is 286 g/mol. The lowest BCUT2D eigenvalue weighted by Crippen LogP contribution is -2.17. The highest BCUT2D eigenvalue weighted by molar-refractivity contribution is 5.96. The summed E-state index contributed by atoms with van der Waals surface area (Å²) < 4.78 is 26.6. The molecular weight excluding hydrogens is 274 g/mol. The van der Waals surface area contributed by atoms with E-state index in [-0.39, 0.29) is 24.9 Å². The molecule has 0 aromatic heterocycles. The molecule has 0 aliphatic carbocycles. The number of carbonyl (C=O) groups is 3. The molecule has 0 aliphatic heterocycles. The van der Waals surface area contributed by atoms with E-state index in [2.05, 4.69) is 5.32 Å². The number of carbonyl (C=O) groups excluding carboxylic acids is 2. The molecule has 2 amide bonds. The number of anilines is 1. The molecule has 1 aromatic rings. The van der Waals surface area contributed by atoms with Gasteiger partial charge in [-0.15, -0.1) is 0 Å². The van der Waals surface area contributed by atoms with E-state index in [1.165, 1.54) is 0 Å². The number of nitrogens with one attached hydrogen (secondary N) is 1. The molecule has 108 valence electrons. The third kappa shape index (κ3) is 4.30. The Morgan fingerprint density at radius 1 is 1.15 bits per heavy atom. The minimum absolute atomic E-state index is 0.0760. The summed E-state index contributed by atoms with van der Waals surface area (Å²) in [4.78, 5) is 32.6. The van der Waals surface area contributed by atoms with Crippen LogP contribution < -0.4 is 11.1 Å². The summed E-state index contributed by atoms with van der Waals surface area (Å²) in [7, 11) is 0. The number of rotatable bonds is 6. The van der Waals surface area contributed by atoms with Gasteiger partial charge in [0.15, 0.2) is 0 Å². The van der Waals surface area contributed by atoms with Crippen LogP contribution in [0, 0.1) is 11.6 Å². The number of amides is 2. The lowest BCUT2D eigenvalue weighted by atomic mass is 10.1. The summed E-state index contributed by atoms with van der Waals surface area (Å²) in [5.41, 5.74) is 3.96. The van der Waals surface area contributed by atoms with E-state index in [1.54, 1.807) is 0 Å². The van der Waals surface area contributed by atoms with Crippen molar-refractivity contribution in [3.05, 3.63) is 29.3 Å². The first-order valence-electron chi connectivity index (χ1n) is 5.61. The highest BCUT2D eigenvalue weighted by Gasteiger charge is 2.15. The number of halogens is 2. The SMILES string of the molecule is NC(=O)c1cc(NC(=O)CCCC(=O)O)c(F)cc1F. The Hall–Kier alpha value is -2.51. The van der Waals surface area contributed by atoms with Crippen LogP contribution in [-0.4, -0.2) is 22.9 Å². The fourth-order valence-corrected chi connectivity index (χ4v) is 1.45. The number of hydrogen-bond acceptors (Lipinski definition) is 3. The fourth-order valence-electron chi connectivity index (χ4n) is 1.45. The topological polar surface area (TPSA) is 109 Å².